The lowest BCUT2D eigenvalue weighted by Gasteiger charge is -2.33. The zero-order chi connectivity index (χ0) is 19.8. The molecule has 5 heteroatoms. The summed E-state index contributed by atoms with van der Waals surface area (Å²) in [5.74, 6) is 0.0244. The number of nitrogens with one attached hydrogen (secondary N) is 1. The standard InChI is InChI=1S/C23H28N2O3/c1-2-18-10-12-20(13-11-18)23(27)24-14-6-9-22(26)25-15-16-28-21(17-25)19-7-4-3-5-8-19/h3-5,7-8,10-13,21H,2,6,9,14-17H2,1H3,(H,24,27). The summed E-state index contributed by atoms with van der Waals surface area (Å²) in [6.45, 7) is 4.34. The van der Waals surface area contributed by atoms with Gasteiger partial charge in [0, 0.05) is 25.1 Å². The van der Waals surface area contributed by atoms with E-state index in [2.05, 4.69) is 12.2 Å². The number of carbonyl (C=O) groups excluding carboxylic acids is 2. The van der Waals surface area contributed by atoms with Crippen molar-refractivity contribution in [2.24, 2.45) is 0 Å². The first-order valence-corrected chi connectivity index (χ1v) is 9.99. The van der Waals surface area contributed by atoms with E-state index in [-0.39, 0.29) is 17.9 Å². The molecule has 3 rings (SSSR count). The van der Waals surface area contributed by atoms with Gasteiger partial charge >= 0.3 is 0 Å². The molecule has 5 nitrogen and oxygen atoms in total. The highest BCUT2D eigenvalue weighted by Gasteiger charge is 2.24. The Balaban J connectivity index is 1.40. The summed E-state index contributed by atoms with van der Waals surface area (Å²) in [5, 5.41) is 2.89. The Kier molecular flexibility index (Phi) is 7.20. The maximum absolute atomic E-state index is 12.5. The summed E-state index contributed by atoms with van der Waals surface area (Å²) >= 11 is 0. The third-order valence-electron chi connectivity index (χ3n) is 5.07. The van der Waals surface area contributed by atoms with E-state index in [0.717, 1.165) is 12.0 Å². The largest absolute Gasteiger partial charge is 0.370 e. The normalized spacial score (nSPS) is 16.6. The van der Waals surface area contributed by atoms with E-state index in [1.807, 2.05) is 59.5 Å². The highest BCUT2D eigenvalue weighted by molar-refractivity contribution is 5.94. The van der Waals surface area contributed by atoms with Gasteiger partial charge in [-0.3, -0.25) is 9.59 Å². The lowest BCUT2D eigenvalue weighted by atomic mass is 10.1. The molecule has 0 aromatic heterocycles. The average Bonchev–Trinajstić information content (AvgIpc) is 2.77. The molecule has 28 heavy (non-hydrogen) atoms. The number of aryl methyl sites for hydroxylation is 1. The summed E-state index contributed by atoms with van der Waals surface area (Å²) in [6, 6.07) is 17.6. The Morgan fingerprint density at radius 3 is 2.57 bits per heavy atom. The number of amides is 2. The van der Waals surface area contributed by atoms with Crippen molar-refractivity contribution in [1.29, 1.82) is 0 Å². The highest BCUT2D eigenvalue weighted by Crippen LogP contribution is 2.22. The molecule has 0 bridgehead atoms. The van der Waals surface area contributed by atoms with Crippen molar-refractivity contribution >= 4 is 11.8 Å². The topological polar surface area (TPSA) is 58.6 Å². The molecule has 148 valence electrons. The summed E-state index contributed by atoms with van der Waals surface area (Å²) in [4.78, 5) is 26.6. The second kappa shape index (κ2) is 10.0. The third kappa shape index (κ3) is 5.42. The Bertz CT molecular complexity index is 774. The van der Waals surface area contributed by atoms with Gasteiger partial charge in [0.25, 0.3) is 5.91 Å². The first kappa shape index (κ1) is 20.1. The van der Waals surface area contributed by atoms with E-state index in [9.17, 15) is 9.59 Å². The number of carbonyl (C=O) groups is 2. The van der Waals surface area contributed by atoms with Gasteiger partial charge in [-0.2, -0.15) is 0 Å². The predicted octanol–water partition coefficient (Wildman–Crippen LogP) is 3.36. The first-order chi connectivity index (χ1) is 13.7. The van der Waals surface area contributed by atoms with Gasteiger partial charge in [-0.15, -0.1) is 0 Å². The molecule has 1 heterocycles. The van der Waals surface area contributed by atoms with Crippen molar-refractivity contribution in [2.45, 2.75) is 32.3 Å². The summed E-state index contributed by atoms with van der Waals surface area (Å²) in [5.41, 5.74) is 2.96. The van der Waals surface area contributed by atoms with Gasteiger partial charge in [-0.1, -0.05) is 49.4 Å². The van der Waals surface area contributed by atoms with Gasteiger partial charge < -0.3 is 15.0 Å². The van der Waals surface area contributed by atoms with Crippen LogP contribution in [-0.4, -0.2) is 43.0 Å². The van der Waals surface area contributed by atoms with Crippen LogP contribution >= 0.6 is 0 Å². The summed E-state index contributed by atoms with van der Waals surface area (Å²) in [6.07, 6.45) is 1.95. The van der Waals surface area contributed by atoms with Gasteiger partial charge in [0.05, 0.1) is 13.2 Å². The average molecular weight is 380 g/mol. The molecule has 2 aromatic rings. The third-order valence-corrected chi connectivity index (χ3v) is 5.07. The Morgan fingerprint density at radius 2 is 1.86 bits per heavy atom. The van der Waals surface area contributed by atoms with Crippen LogP contribution in [0.3, 0.4) is 0 Å². The number of nitrogens with zero attached hydrogens (tertiary/aromatic N) is 1. The molecular weight excluding hydrogens is 352 g/mol. The monoisotopic (exact) mass is 380 g/mol. The zero-order valence-electron chi connectivity index (χ0n) is 16.4. The quantitative estimate of drug-likeness (QED) is 0.750. The lowest BCUT2D eigenvalue weighted by molar-refractivity contribution is -0.139. The van der Waals surface area contributed by atoms with E-state index < -0.39 is 0 Å². The van der Waals surface area contributed by atoms with Crippen LogP contribution in [0.1, 0.15) is 47.4 Å². The molecule has 0 saturated carbocycles. The Morgan fingerprint density at radius 1 is 1.11 bits per heavy atom. The first-order valence-electron chi connectivity index (χ1n) is 9.99. The molecule has 1 fully saturated rings. The minimum Gasteiger partial charge on any atom is -0.370 e. The van der Waals surface area contributed by atoms with Crippen LogP contribution in [0, 0.1) is 0 Å². The summed E-state index contributed by atoms with van der Waals surface area (Å²) < 4.78 is 5.82. The number of ether oxygens (including phenoxy) is 1. The van der Waals surface area contributed by atoms with Crippen molar-refractivity contribution in [3.05, 3.63) is 71.3 Å². The minimum atomic E-state index is -0.0920. The molecule has 1 aliphatic rings. The predicted molar refractivity (Wildman–Crippen MR) is 109 cm³/mol. The van der Waals surface area contributed by atoms with E-state index in [1.54, 1.807) is 0 Å². The molecule has 1 saturated heterocycles. The fraction of sp³-hybridized carbons (Fsp3) is 0.391. The van der Waals surface area contributed by atoms with Crippen LogP contribution in [0.25, 0.3) is 0 Å². The van der Waals surface area contributed by atoms with Crippen molar-refractivity contribution in [3.8, 4) is 0 Å². The van der Waals surface area contributed by atoms with Crippen molar-refractivity contribution < 1.29 is 14.3 Å². The molecule has 0 aliphatic carbocycles. The number of morpholine rings is 1. The Hall–Kier alpha value is -2.66. The van der Waals surface area contributed by atoms with Crippen molar-refractivity contribution in [3.63, 3.8) is 0 Å². The highest BCUT2D eigenvalue weighted by atomic mass is 16.5. The number of hydrogen-bond acceptors (Lipinski definition) is 3. The van der Waals surface area contributed by atoms with Gasteiger partial charge in [-0.05, 0) is 36.1 Å². The number of hydrogen-bond donors (Lipinski definition) is 1. The molecule has 2 amide bonds. The van der Waals surface area contributed by atoms with E-state index in [1.165, 1.54) is 5.56 Å². The molecule has 2 aromatic carbocycles. The lowest BCUT2D eigenvalue weighted by Crippen LogP contribution is -2.42. The number of rotatable bonds is 7. The van der Waals surface area contributed by atoms with Crippen molar-refractivity contribution in [1.82, 2.24) is 10.2 Å². The van der Waals surface area contributed by atoms with E-state index in [4.69, 9.17) is 4.74 Å². The maximum atomic E-state index is 12.5. The van der Waals surface area contributed by atoms with Crippen LogP contribution in [-0.2, 0) is 16.0 Å². The molecule has 1 aliphatic heterocycles. The second-order valence-corrected chi connectivity index (χ2v) is 7.02. The fourth-order valence-electron chi connectivity index (χ4n) is 3.34. The minimum absolute atomic E-state index is 0.0651. The molecule has 0 radical (unpaired) electrons. The van der Waals surface area contributed by atoms with Crippen LogP contribution < -0.4 is 5.32 Å². The molecular formula is C23H28N2O3. The van der Waals surface area contributed by atoms with Crippen LogP contribution in [0.5, 0.6) is 0 Å². The molecule has 1 atom stereocenters. The molecule has 1 N–H and O–H groups in total. The molecule has 0 spiro atoms. The fourth-order valence-corrected chi connectivity index (χ4v) is 3.34. The maximum Gasteiger partial charge on any atom is 0.251 e. The summed E-state index contributed by atoms with van der Waals surface area (Å²) in [7, 11) is 0. The SMILES string of the molecule is CCc1ccc(C(=O)NCCCC(=O)N2CCOC(c3ccccc3)C2)cc1. The van der Waals surface area contributed by atoms with Gasteiger partial charge in [0.1, 0.15) is 6.10 Å². The van der Waals surface area contributed by atoms with Crippen LogP contribution in [0.4, 0.5) is 0 Å². The Labute approximate surface area is 166 Å². The van der Waals surface area contributed by atoms with Crippen molar-refractivity contribution in [2.75, 3.05) is 26.2 Å². The van der Waals surface area contributed by atoms with Gasteiger partial charge in [0.15, 0.2) is 0 Å². The second-order valence-electron chi connectivity index (χ2n) is 7.02. The van der Waals surface area contributed by atoms with Gasteiger partial charge in [0.2, 0.25) is 5.91 Å². The van der Waals surface area contributed by atoms with E-state index in [0.29, 0.717) is 44.6 Å². The zero-order valence-corrected chi connectivity index (χ0v) is 16.4. The smallest absolute Gasteiger partial charge is 0.251 e. The van der Waals surface area contributed by atoms with Crippen LogP contribution in [0.15, 0.2) is 54.6 Å². The van der Waals surface area contributed by atoms with E-state index >= 15 is 0 Å². The number of benzene rings is 2. The van der Waals surface area contributed by atoms with Crippen LogP contribution in [0.2, 0.25) is 0 Å². The van der Waals surface area contributed by atoms with Gasteiger partial charge in [-0.25, -0.2) is 0 Å². The molecule has 1 unspecified atom stereocenters.